The Labute approximate surface area is 99.9 Å². The molecule has 1 heterocycles. The number of rotatable bonds is 6. The summed E-state index contributed by atoms with van der Waals surface area (Å²) in [6, 6.07) is 0.424. The van der Waals surface area contributed by atoms with Crippen LogP contribution in [0.4, 0.5) is 0 Å². The van der Waals surface area contributed by atoms with Crippen molar-refractivity contribution in [3.05, 3.63) is 0 Å². The van der Waals surface area contributed by atoms with Gasteiger partial charge in [0.15, 0.2) is 0 Å². The summed E-state index contributed by atoms with van der Waals surface area (Å²) in [6.45, 7) is 12.4. The van der Waals surface area contributed by atoms with Gasteiger partial charge in [-0.2, -0.15) is 0 Å². The van der Waals surface area contributed by atoms with Crippen molar-refractivity contribution in [2.24, 2.45) is 5.41 Å². The molecular weight excluding hydrogens is 202 g/mol. The smallest absolute Gasteiger partial charge is 0.0831 e. The lowest BCUT2D eigenvalue weighted by Crippen LogP contribution is -2.45. The predicted molar refractivity (Wildman–Crippen MR) is 66.7 cm³/mol. The van der Waals surface area contributed by atoms with Crippen LogP contribution in [-0.2, 0) is 9.47 Å². The molecule has 1 aliphatic rings. The molecule has 2 unspecified atom stereocenters. The van der Waals surface area contributed by atoms with Gasteiger partial charge in [0.25, 0.3) is 0 Å². The van der Waals surface area contributed by atoms with Gasteiger partial charge in [-0.3, -0.25) is 0 Å². The van der Waals surface area contributed by atoms with Crippen LogP contribution in [0.15, 0.2) is 0 Å². The van der Waals surface area contributed by atoms with E-state index in [1.54, 1.807) is 0 Å². The number of hydrogen-bond donors (Lipinski definition) is 1. The van der Waals surface area contributed by atoms with Crippen LogP contribution in [-0.4, -0.2) is 38.5 Å². The molecule has 0 aromatic heterocycles. The zero-order valence-corrected chi connectivity index (χ0v) is 11.2. The van der Waals surface area contributed by atoms with E-state index in [9.17, 15) is 0 Å². The molecule has 0 aromatic carbocycles. The molecule has 0 aliphatic carbocycles. The highest BCUT2D eigenvalue weighted by atomic mass is 16.5. The van der Waals surface area contributed by atoms with Crippen molar-refractivity contribution in [3.8, 4) is 0 Å². The molecule has 1 fully saturated rings. The summed E-state index contributed by atoms with van der Waals surface area (Å²) >= 11 is 0. The second kappa shape index (κ2) is 6.58. The van der Waals surface area contributed by atoms with E-state index in [-0.39, 0.29) is 5.41 Å². The number of nitrogens with one attached hydrogen (secondary N) is 1. The molecule has 0 spiro atoms. The fourth-order valence-electron chi connectivity index (χ4n) is 1.81. The van der Waals surface area contributed by atoms with Crippen LogP contribution < -0.4 is 5.32 Å². The number of hydrogen-bond acceptors (Lipinski definition) is 3. The summed E-state index contributed by atoms with van der Waals surface area (Å²) in [5, 5.41) is 3.57. The molecule has 1 saturated heterocycles. The first-order valence-corrected chi connectivity index (χ1v) is 6.46. The molecule has 96 valence electrons. The van der Waals surface area contributed by atoms with Gasteiger partial charge < -0.3 is 14.8 Å². The van der Waals surface area contributed by atoms with Gasteiger partial charge in [-0.05, 0) is 24.8 Å². The third kappa shape index (κ3) is 4.81. The van der Waals surface area contributed by atoms with E-state index in [1.807, 2.05) is 0 Å². The Balaban J connectivity index is 2.31. The van der Waals surface area contributed by atoms with Crippen molar-refractivity contribution in [3.63, 3.8) is 0 Å². The van der Waals surface area contributed by atoms with Gasteiger partial charge in [0.1, 0.15) is 0 Å². The maximum atomic E-state index is 5.90. The minimum absolute atomic E-state index is 0.245. The van der Waals surface area contributed by atoms with Crippen LogP contribution in [0.1, 0.15) is 40.5 Å². The molecule has 2 atom stereocenters. The van der Waals surface area contributed by atoms with E-state index in [2.05, 4.69) is 33.0 Å². The Morgan fingerprint density at radius 3 is 2.69 bits per heavy atom. The topological polar surface area (TPSA) is 30.5 Å². The first-order valence-electron chi connectivity index (χ1n) is 6.46. The van der Waals surface area contributed by atoms with Gasteiger partial charge in [0, 0.05) is 12.6 Å². The minimum Gasteiger partial charge on any atom is -0.379 e. The lowest BCUT2D eigenvalue weighted by molar-refractivity contribution is 0.0116. The Hall–Kier alpha value is -0.120. The predicted octanol–water partition coefficient (Wildman–Crippen LogP) is 2.21. The molecule has 16 heavy (non-hydrogen) atoms. The van der Waals surface area contributed by atoms with Gasteiger partial charge in [0.05, 0.1) is 19.3 Å². The summed E-state index contributed by atoms with van der Waals surface area (Å²) in [6.07, 6.45) is 2.53. The SMILES string of the molecule is CCCNC(COC1CCOC1)C(C)(C)C. The highest BCUT2D eigenvalue weighted by Gasteiger charge is 2.26. The molecular formula is C13H27NO2. The molecule has 1 N–H and O–H groups in total. The zero-order chi connectivity index (χ0) is 12.0. The van der Waals surface area contributed by atoms with Gasteiger partial charge in [-0.25, -0.2) is 0 Å². The Kier molecular flexibility index (Phi) is 5.73. The van der Waals surface area contributed by atoms with Crippen molar-refractivity contribution in [2.75, 3.05) is 26.4 Å². The van der Waals surface area contributed by atoms with Gasteiger partial charge in [-0.1, -0.05) is 27.7 Å². The Morgan fingerprint density at radius 2 is 2.19 bits per heavy atom. The van der Waals surface area contributed by atoms with E-state index in [1.165, 1.54) is 6.42 Å². The van der Waals surface area contributed by atoms with Crippen molar-refractivity contribution in [2.45, 2.75) is 52.7 Å². The van der Waals surface area contributed by atoms with Crippen molar-refractivity contribution in [1.29, 1.82) is 0 Å². The van der Waals surface area contributed by atoms with Gasteiger partial charge >= 0.3 is 0 Å². The molecule has 3 heteroatoms. The third-order valence-corrected chi connectivity index (χ3v) is 3.07. The van der Waals surface area contributed by atoms with Crippen LogP contribution in [0.5, 0.6) is 0 Å². The van der Waals surface area contributed by atoms with E-state index in [4.69, 9.17) is 9.47 Å². The van der Waals surface area contributed by atoms with E-state index < -0.39 is 0 Å². The van der Waals surface area contributed by atoms with Crippen molar-refractivity contribution >= 4 is 0 Å². The summed E-state index contributed by atoms with van der Waals surface area (Å²) in [4.78, 5) is 0. The largest absolute Gasteiger partial charge is 0.379 e. The van der Waals surface area contributed by atoms with E-state index in [0.717, 1.165) is 32.8 Å². The summed E-state index contributed by atoms with van der Waals surface area (Å²) in [5.74, 6) is 0. The fourth-order valence-corrected chi connectivity index (χ4v) is 1.81. The molecule has 0 amide bonds. The highest BCUT2D eigenvalue weighted by Crippen LogP contribution is 2.20. The highest BCUT2D eigenvalue weighted by molar-refractivity contribution is 4.81. The Morgan fingerprint density at radius 1 is 1.44 bits per heavy atom. The molecule has 1 aliphatic heterocycles. The monoisotopic (exact) mass is 229 g/mol. The van der Waals surface area contributed by atoms with Crippen molar-refractivity contribution < 1.29 is 9.47 Å². The second-order valence-electron chi connectivity index (χ2n) is 5.69. The summed E-state index contributed by atoms with van der Waals surface area (Å²) in [7, 11) is 0. The van der Waals surface area contributed by atoms with Crippen LogP contribution in [0.25, 0.3) is 0 Å². The zero-order valence-electron chi connectivity index (χ0n) is 11.2. The lowest BCUT2D eigenvalue weighted by Gasteiger charge is -2.32. The minimum atomic E-state index is 0.245. The molecule has 3 nitrogen and oxygen atoms in total. The summed E-state index contributed by atoms with van der Waals surface area (Å²) in [5.41, 5.74) is 0.245. The molecule has 0 aromatic rings. The van der Waals surface area contributed by atoms with Gasteiger partial charge in [0.2, 0.25) is 0 Å². The lowest BCUT2D eigenvalue weighted by atomic mass is 9.87. The fraction of sp³-hybridized carbons (Fsp3) is 1.00. The maximum Gasteiger partial charge on any atom is 0.0831 e. The van der Waals surface area contributed by atoms with Crippen LogP contribution in [0, 0.1) is 5.41 Å². The molecule has 0 saturated carbocycles. The van der Waals surface area contributed by atoms with Crippen LogP contribution >= 0.6 is 0 Å². The molecule has 0 bridgehead atoms. The van der Waals surface area contributed by atoms with Gasteiger partial charge in [-0.15, -0.1) is 0 Å². The van der Waals surface area contributed by atoms with E-state index >= 15 is 0 Å². The standard InChI is InChI=1S/C13H27NO2/c1-5-7-14-12(13(2,3)4)10-16-11-6-8-15-9-11/h11-12,14H,5-10H2,1-4H3. The first-order chi connectivity index (χ1) is 7.54. The quantitative estimate of drug-likeness (QED) is 0.757. The van der Waals surface area contributed by atoms with E-state index in [0.29, 0.717) is 12.1 Å². The Bertz CT molecular complexity index is 183. The maximum absolute atomic E-state index is 5.90. The first kappa shape index (κ1) is 13.9. The normalized spacial score (nSPS) is 23.6. The average Bonchev–Trinajstić information content (AvgIpc) is 2.68. The molecule has 0 radical (unpaired) electrons. The third-order valence-electron chi connectivity index (χ3n) is 3.07. The van der Waals surface area contributed by atoms with Crippen LogP contribution in [0.3, 0.4) is 0 Å². The van der Waals surface area contributed by atoms with Crippen LogP contribution in [0.2, 0.25) is 0 Å². The number of ether oxygens (including phenoxy) is 2. The second-order valence-corrected chi connectivity index (χ2v) is 5.69. The average molecular weight is 229 g/mol. The molecule has 1 rings (SSSR count). The van der Waals surface area contributed by atoms with Crippen molar-refractivity contribution in [1.82, 2.24) is 5.32 Å². The summed E-state index contributed by atoms with van der Waals surface area (Å²) < 4.78 is 11.2.